The van der Waals surface area contributed by atoms with Crippen molar-refractivity contribution in [3.05, 3.63) is 67.0 Å². The molecule has 1 saturated heterocycles. The highest BCUT2D eigenvalue weighted by Gasteiger charge is 2.24. The topological polar surface area (TPSA) is 59.8 Å². The lowest BCUT2D eigenvalue weighted by molar-refractivity contribution is -0.133. The van der Waals surface area contributed by atoms with Crippen LogP contribution < -0.4 is 14.4 Å². The molecule has 0 N–H and O–H groups in total. The molecule has 0 radical (unpaired) electrons. The highest BCUT2D eigenvalue weighted by atomic mass is 16.5. The largest absolute Gasteiger partial charge is 0.497 e. The lowest BCUT2D eigenvalue weighted by Crippen LogP contribution is -2.50. The number of amides is 1. The van der Waals surface area contributed by atoms with Crippen LogP contribution in [-0.4, -0.2) is 60.3 Å². The first-order valence-corrected chi connectivity index (χ1v) is 9.63. The number of nitrogens with zero attached hydrogens (tertiary/aromatic N) is 4. The Morgan fingerprint density at radius 1 is 1.00 bits per heavy atom. The van der Waals surface area contributed by atoms with Crippen molar-refractivity contribution in [2.45, 2.75) is 0 Å². The normalized spacial score (nSPS) is 14.0. The monoisotopic (exact) mass is 392 g/mol. The van der Waals surface area contributed by atoms with Crippen molar-refractivity contribution in [2.24, 2.45) is 0 Å². The lowest BCUT2D eigenvalue weighted by atomic mass is 10.3. The Bertz CT molecular complexity index is 949. The van der Waals surface area contributed by atoms with Crippen LogP contribution in [0.15, 0.2) is 67.0 Å². The minimum Gasteiger partial charge on any atom is -0.497 e. The van der Waals surface area contributed by atoms with Gasteiger partial charge in [0, 0.05) is 44.6 Å². The number of rotatable bonds is 6. The molecular formula is C22H24N4O3. The average Bonchev–Trinajstić information content (AvgIpc) is 3.28. The maximum Gasteiger partial charge on any atom is 0.260 e. The van der Waals surface area contributed by atoms with Crippen molar-refractivity contribution < 1.29 is 14.3 Å². The molecule has 29 heavy (non-hydrogen) atoms. The van der Waals surface area contributed by atoms with Gasteiger partial charge in [0.25, 0.3) is 5.91 Å². The van der Waals surface area contributed by atoms with Gasteiger partial charge in [-0.15, -0.1) is 0 Å². The van der Waals surface area contributed by atoms with Crippen molar-refractivity contribution >= 4 is 11.9 Å². The van der Waals surface area contributed by atoms with E-state index in [1.54, 1.807) is 13.3 Å². The molecule has 7 nitrogen and oxygen atoms in total. The molecule has 1 aromatic heterocycles. The first kappa shape index (κ1) is 18.9. The van der Waals surface area contributed by atoms with E-state index in [1.165, 1.54) is 0 Å². The molecule has 1 aliphatic heterocycles. The molecule has 0 bridgehead atoms. The van der Waals surface area contributed by atoms with Crippen molar-refractivity contribution in [3.63, 3.8) is 0 Å². The molecule has 1 amide bonds. The van der Waals surface area contributed by atoms with Crippen LogP contribution in [0.3, 0.4) is 0 Å². The summed E-state index contributed by atoms with van der Waals surface area (Å²) in [5.41, 5.74) is 0.992. The van der Waals surface area contributed by atoms with Crippen molar-refractivity contribution in [1.82, 2.24) is 14.5 Å². The number of hydrogen-bond acceptors (Lipinski definition) is 5. The molecule has 4 rings (SSSR count). The number of carbonyl (C=O) groups excluding carboxylic acids is 1. The summed E-state index contributed by atoms with van der Waals surface area (Å²) >= 11 is 0. The van der Waals surface area contributed by atoms with Gasteiger partial charge in [0.15, 0.2) is 6.61 Å². The number of ether oxygens (including phenoxy) is 2. The van der Waals surface area contributed by atoms with Crippen LogP contribution in [0.2, 0.25) is 0 Å². The molecule has 0 spiro atoms. The number of aromatic nitrogens is 2. The first-order chi connectivity index (χ1) is 14.2. The maximum atomic E-state index is 12.5. The van der Waals surface area contributed by atoms with Gasteiger partial charge in [-0.1, -0.05) is 24.3 Å². The summed E-state index contributed by atoms with van der Waals surface area (Å²) in [5, 5.41) is 0. The number of para-hydroxylation sites is 1. The third kappa shape index (κ3) is 4.34. The number of anilines is 1. The summed E-state index contributed by atoms with van der Waals surface area (Å²) < 4.78 is 13.0. The van der Waals surface area contributed by atoms with Crippen LogP contribution in [0.1, 0.15) is 0 Å². The highest BCUT2D eigenvalue weighted by molar-refractivity contribution is 5.78. The quantitative estimate of drug-likeness (QED) is 0.645. The smallest absolute Gasteiger partial charge is 0.260 e. The second-order valence-electron chi connectivity index (χ2n) is 6.77. The molecule has 0 aliphatic carbocycles. The van der Waals surface area contributed by atoms with Crippen LogP contribution in [0.4, 0.5) is 5.95 Å². The summed E-state index contributed by atoms with van der Waals surface area (Å²) in [4.78, 5) is 21.1. The number of piperazine rings is 1. The second kappa shape index (κ2) is 8.68. The molecule has 1 fully saturated rings. The predicted octanol–water partition coefficient (Wildman–Crippen LogP) is 2.61. The van der Waals surface area contributed by atoms with Gasteiger partial charge < -0.3 is 19.3 Å². The molecule has 2 aromatic carbocycles. The van der Waals surface area contributed by atoms with E-state index in [2.05, 4.69) is 9.88 Å². The fourth-order valence-electron chi connectivity index (χ4n) is 3.40. The fourth-order valence-corrected chi connectivity index (χ4v) is 3.40. The van der Waals surface area contributed by atoms with Crippen molar-refractivity contribution in [2.75, 3.05) is 44.8 Å². The molecule has 0 unspecified atom stereocenters. The zero-order valence-electron chi connectivity index (χ0n) is 16.4. The van der Waals surface area contributed by atoms with Gasteiger partial charge in [0.05, 0.1) is 12.8 Å². The summed E-state index contributed by atoms with van der Waals surface area (Å²) in [6.45, 7) is 2.78. The molecule has 0 saturated carbocycles. The third-order valence-corrected chi connectivity index (χ3v) is 4.97. The number of imidazole rings is 1. The van der Waals surface area contributed by atoms with E-state index in [1.807, 2.05) is 70.3 Å². The van der Waals surface area contributed by atoms with Gasteiger partial charge >= 0.3 is 0 Å². The van der Waals surface area contributed by atoms with E-state index >= 15 is 0 Å². The van der Waals surface area contributed by atoms with Crippen LogP contribution in [-0.2, 0) is 4.79 Å². The van der Waals surface area contributed by atoms with Crippen molar-refractivity contribution in [3.8, 4) is 17.2 Å². The lowest BCUT2D eigenvalue weighted by Gasteiger charge is -2.35. The summed E-state index contributed by atoms with van der Waals surface area (Å²) in [6, 6.07) is 17.3. The van der Waals surface area contributed by atoms with Gasteiger partial charge in [-0.25, -0.2) is 4.98 Å². The SMILES string of the molecule is COc1cccc(-n2ccnc2N2CCN(C(=O)COc3ccccc3)CC2)c1. The number of methoxy groups -OCH3 is 1. The Kier molecular flexibility index (Phi) is 5.65. The van der Waals surface area contributed by atoms with E-state index in [-0.39, 0.29) is 12.5 Å². The van der Waals surface area contributed by atoms with Crippen molar-refractivity contribution in [1.29, 1.82) is 0 Å². The minimum atomic E-state index is 0.00430. The fraction of sp³-hybridized carbons (Fsp3) is 0.273. The van der Waals surface area contributed by atoms with Gasteiger partial charge in [0.2, 0.25) is 5.95 Å². The highest BCUT2D eigenvalue weighted by Crippen LogP contribution is 2.23. The van der Waals surface area contributed by atoms with E-state index in [0.717, 1.165) is 30.5 Å². The molecule has 2 heterocycles. The van der Waals surface area contributed by atoms with Gasteiger partial charge in [-0.05, 0) is 24.3 Å². The summed E-state index contributed by atoms with van der Waals surface area (Å²) in [5.74, 6) is 2.38. The second-order valence-corrected chi connectivity index (χ2v) is 6.77. The van der Waals surface area contributed by atoms with Crippen LogP contribution in [0.5, 0.6) is 11.5 Å². The maximum absolute atomic E-state index is 12.5. The average molecular weight is 392 g/mol. The molecule has 0 atom stereocenters. The molecule has 3 aromatic rings. The Labute approximate surface area is 170 Å². The Morgan fingerprint density at radius 3 is 2.52 bits per heavy atom. The van der Waals surface area contributed by atoms with Gasteiger partial charge in [-0.3, -0.25) is 9.36 Å². The zero-order valence-corrected chi connectivity index (χ0v) is 16.4. The molecule has 7 heteroatoms. The molecule has 1 aliphatic rings. The van der Waals surface area contributed by atoms with Crippen LogP contribution >= 0.6 is 0 Å². The number of carbonyl (C=O) groups is 1. The number of hydrogen-bond donors (Lipinski definition) is 0. The summed E-state index contributed by atoms with van der Waals surface area (Å²) in [7, 11) is 1.66. The van der Waals surface area contributed by atoms with Gasteiger partial charge in [-0.2, -0.15) is 0 Å². The van der Waals surface area contributed by atoms with E-state index < -0.39 is 0 Å². The van der Waals surface area contributed by atoms with Crippen LogP contribution in [0, 0.1) is 0 Å². The van der Waals surface area contributed by atoms with Crippen LogP contribution in [0.25, 0.3) is 5.69 Å². The van der Waals surface area contributed by atoms with Gasteiger partial charge in [0.1, 0.15) is 11.5 Å². The minimum absolute atomic E-state index is 0.00430. The summed E-state index contributed by atoms with van der Waals surface area (Å²) in [6.07, 6.45) is 3.73. The molecule has 150 valence electrons. The first-order valence-electron chi connectivity index (χ1n) is 9.63. The Balaban J connectivity index is 1.36. The molecular weight excluding hydrogens is 368 g/mol. The zero-order chi connectivity index (χ0) is 20.1. The van der Waals surface area contributed by atoms with E-state index in [4.69, 9.17) is 9.47 Å². The predicted molar refractivity (Wildman–Crippen MR) is 111 cm³/mol. The number of benzene rings is 2. The van der Waals surface area contributed by atoms with E-state index in [0.29, 0.717) is 18.8 Å². The third-order valence-electron chi connectivity index (χ3n) is 4.97. The Hall–Kier alpha value is -3.48. The van der Waals surface area contributed by atoms with E-state index in [9.17, 15) is 4.79 Å². The standard InChI is InChI=1S/C22H24N4O3/c1-28-20-9-5-6-18(16-20)26-11-10-23-22(26)25-14-12-24(13-15-25)21(27)17-29-19-7-3-2-4-8-19/h2-11,16H,12-15,17H2,1H3. The Morgan fingerprint density at radius 2 is 1.76 bits per heavy atom.